The van der Waals surface area contributed by atoms with E-state index in [1.54, 1.807) is 0 Å². The predicted octanol–water partition coefficient (Wildman–Crippen LogP) is 3.65. The molecule has 0 unspecified atom stereocenters. The van der Waals surface area contributed by atoms with Gasteiger partial charge in [-0.15, -0.1) is 0 Å². The number of alkyl halides is 3. The quantitative estimate of drug-likeness (QED) is 0.888. The maximum absolute atomic E-state index is 12.0. The summed E-state index contributed by atoms with van der Waals surface area (Å²) in [5.74, 6) is 0.0644. The van der Waals surface area contributed by atoms with Crippen LogP contribution in [-0.4, -0.2) is 17.9 Å². The van der Waals surface area contributed by atoms with Crippen LogP contribution in [0.2, 0.25) is 0 Å². The van der Waals surface area contributed by atoms with Crippen molar-refractivity contribution in [2.24, 2.45) is 0 Å². The number of hydrogen-bond donors (Lipinski definition) is 1. The van der Waals surface area contributed by atoms with Gasteiger partial charge in [0, 0.05) is 0 Å². The highest BCUT2D eigenvalue weighted by atomic mass is 79.9. The molecule has 1 N–H and O–H groups in total. The third-order valence-electron chi connectivity index (χ3n) is 1.62. The van der Waals surface area contributed by atoms with Crippen LogP contribution in [0.5, 0.6) is 5.75 Å². The summed E-state index contributed by atoms with van der Waals surface area (Å²) in [4.78, 5) is 0. The first kappa shape index (κ1) is 13.8. The van der Waals surface area contributed by atoms with E-state index in [2.05, 4.69) is 36.6 Å². The minimum Gasteiger partial charge on any atom is -0.482 e. The van der Waals surface area contributed by atoms with Crippen molar-refractivity contribution < 1.29 is 23.0 Å². The number of benzene rings is 1. The van der Waals surface area contributed by atoms with Crippen LogP contribution in [0.25, 0.3) is 0 Å². The molecule has 16 heavy (non-hydrogen) atoms. The molecule has 0 bridgehead atoms. The fourth-order valence-corrected chi connectivity index (χ4v) is 2.51. The highest BCUT2D eigenvalue weighted by Gasteiger charge is 2.29. The normalized spacial score (nSPS) is 11.6. The first-order valence-corrected chi connectivity index (χ1v) is 5.70. The molecule has 0 fully saturated rings. The van der Waals surface area contributed by atoms with Crippen LogP contribution < -0.4 is 4.74 Å². The molecule has 0 saturated carbocycles. The second-order valence-electron chi connectivity index (χ2n) is 2.95. The van der Waals surface area contributed by atoms with Gasteiger partial charge in [0.2, 0.25) is 0 Å². The predicted molar refractivity (Wildman–Crippen MR) is 59.3 cm³/mol. The second-order valence-corrected chi connectivity index (χ2v) is 4.66. The van der Waals surface area contributed by atoms with Gasteiger partial charge < -0.3 is 9.84 Å². The zero-order valence-corrected chi connectivity index (χ0v) is 11.0. The van der Waals surface area contributed by atoms with E-state index in [4.69, 9.17) is 5.11 Å². The highest BCUT2D eigenvalue weighted by Crippen LogP contribution is 2.35. The number of aliphatic hydroxyl groups excluding tert-OH is 1. The molecule has 2 nitrogen and oxygen atoms in total. The van der Waals surface area contributed by atoms with Crippen molar-refractivity contribution in [2.45, 2.75) is 12.8 Å². The fourth-order valence-electron chi connectivity index (χ4n) is 0.996. The Hall–Kier alpha value is -0.270. The molecule has 0 aliphatic heterocycles. The lowest BCUT2D eigenvalue weighted by atomic mass is 10.2. The third-order valence-corrected chi connectivity index (χ3v) is 2.80. The third kappa shape index (κ3) is 3.95. The molecular weight excluding hydrogens is 357 g/mol. The van der Waals surface area contributed by atoms with Gasteiger partial charge in [0.1, 0.15) is 5.75 Å². The van der Waals surface area contributed by atoms with E-state index in [0.717, 1.165) is 0 Å². The Labute approximate surface area is 107 Å². The summed E-state index contributed by atoms with van der Waals surface area (Å²) in [6.07, 6.45) is -4.38. The summed E-state index contributed by atoms with van der Waals surface area (Å²) >= 11 is 6.15. The summed E-state index contributed by atoms with van der Waals surface area (Å²) in [5.41, 5.74) is 0.568. The van der Waals surface area contributed by atoms with Crippen LogP contribution in [0.15, 0.2) is 21.1 Å². The number of aliphatic hydroxyl groups is 1. The summed E-state index contributed by atoms with van der Waals surface area (Å²) in [7, 11) is 0. The van der Waals surface area contributed by atoms with E-state index in [1.807, 2.05) is 0 Å². The van der Waals surface area contributed by atoms with Gasteiger partial charge in [-0.1, -0.05) is 0 Å². The molecule has 0 radical (unpaired) electrons. The first-order chi connectivity index (χ1) is 7.33. The average Bonchev–Trinajstić information content (AvgIpc) is 2.14. The topological polar surface area (TPSA) is 29.5 Å². The molecule has 1 rings (SSSR count). The lowest BCUT2D eigenvalue weighted by Gasteiger charge is -2.13. The van der Waals surface area contributed by atoms with Crippen molar-refractivity contribution in [3.05, 3.63) is 26.6 Å². The molecule has 0 aromatic heterocycles. The number of ether oxygens (including phenoxy) is 1. The Morgan fingerprint density at radius 3 is 2.06 bits per heavy atom. The molecule has 0 amide bonds. The van der Waals surface area contributed by atoms with Gasteiger partial charge in [0.25, 0.3) is 0 Å². The van der Waals surface area contributed by atoms with Gasteiger partial charge >= 0.3 is 6.18 Å². The van der Waals surface area contributed by atoms with E-state index in [9.17, 15) is 13.2 Å². The molecule has 0 aliphatic rings. The number of rotatable bonds is 3. The van der Waals surface area contributed by atoms with E-state index in [0.29, 0.717) is 14.5 Å². The average molecular weight is 364 g/mol. The molecule has 0 spiro atoms. The molecule has 1 aromatic rings. The minimum absolute atomic E-state index is 0.0644. The SMILES string of the molecule is OCc1cc(Br)c(OCC(F)(F)F)c(Br)c1. The van der Waals surface area contributed by atoms with Crippen LogP contribution in [0.3, 0.4) is 0 Å². The summed E-state index contributed by atoms with van der Waals surface area (Å²) in [6, 6.07) is 2.99. The van der Waals surface area contributed by atoms with Crippen molar-refractivity contribution in [2.75, 3.05) is 6.61 Å². The van der Waals surface area contributed by atoms with Crippen molar-refractivity contribution in [1.82, 2.24) is 0 Å². The molecule has 7 heteroatoms. The lowest BCUT2D eigenvalue weighted by Crippen LogP contribution is -2.19. The molecule has 0 atom stereocenters. The Kier molecular flexibility index (Phi) is 4.63. The van der Waals surface area contributed by atoms with Crippen molar-refractivity contribution in [3.8, 4) is 5.75 Å². The van der Waals surface area contributed by atoms with E-state index in [1.165, 1.54) is 12.1 Å². The second kappa shape index (κ2) is 5.37. The Bertz CT molecular complexity index is 357. The van der Waals surface area contributed by atoms with E-state index in [-0.39, 0.29) is 12.4 Å². The smallest absolute Gasteiger partial charge is 0.422 e. The summed E-state index contributed by atoms with van der Waals surface area (Å²) < 4.78 is 41.2. The largest absolute Gasteiger partial charge is 0.482 e. The Morgan fingerprint density at radius 2 is 1.69 bits per heavy atom. The van der Waals surface area contributed by atoms with Crippen LogP contribution in [0.1, 0.15) is 5.56 Å². The van der Waals surface area contributed by atoms with Gasteiger partial charge in [0.15, 0.2) is 6.61 Å². The van der Waals surface area contributed by atoms with Gasteiger partial charge in [-0.2, -0.15) is 13.2 Å². The summed E-state index contributed by atoms with van der Waals surface area (Å²) in [5, 5.41) is 8.87. The van der Waals surface area contributed by atoms with Gasteiger partial charge in [-0.05, 0) is 49.6 Å². The molecule has 90 valence electrons. The zero-order valence-electron chi connectivity index (χ0n) is 7.81. The fraction of sp³-hybridized carbons (Fsp3) is 0.333. The van der Waals surface area contributed by atoms with E-state index < -0.39 is 12.8 Å². The Balaban J connectivity index is 2.88. The molecule has 0 heterocycles. The monoisotopic (exact) mass is 362 g/mol. The molecule has 1 aromatic carbocycles. The van der Waals surface area contributed by atoms with Gasteiger partial charge in [-0.25, -0.2) is 0 Å². The lowest BCUT2D eigenvalue weighted by molar-refractivity contribution is -0.153. The molecular formula is C9H7Br2F3O2. The summed E-state index contributed by atoms with van der Waals surface area (Å²) in [6.45, 7) is -1.56. The molecule has 0 saturated heterocycles. The van der Waals surface area contributed by atoms with Gasteiger partial charge in [0.05, 0.1) is 15.6 Å². The van der Waals surface area contributed by atoms with Crippen molar-refractivity contribution >= 4 is 31.9 Å². The van der Waals surface area contributed by atoms with Crippen molar-refractivity contribution in [3.63, 3.8) is 0 Å². The zero-order chi connectivity index (χ0) is 12.3. The van der Waals surface area contributed by atoms with E-state index >= 15 is 0 Å². The number of hydrogen-bond acceptors (Lipinski definition) is 2. The van der Waals surface area contributed by atoms with Crippen molar-refractivity contribution in [1.29, 1.82) is 0 Å². The maximum Gasteiger partial charge on any atom is 0.422 e. The van der Waals surface area contributed by atoms with Crippen LogP contribution in [0, 0.1) is 0 Å². The number of halogens is 5. The standard InChI is InChI=1S/C9H7Br2F3O2/c10-6-1-5(3-15)2-7(11)8(6)16-4-9(12,13)14/h1-2,15H,3-4H2. The molecule has 0 aliphatic carbocycles. The Morgan fingerprint density at radius 1 is 1.19 bits per heavy atom. The minimum atomic E-state index is -4.38. The highest BCUT2D eigenvalue weighted by molar-refractivity contribution is 9.11. The van der Waals surface area contributed by atoms with Crippen LogP contribution in [0.4, 0.5) is 13.2 Å². The van der Waals surface area contributed by atoms with Crippen LogP contribution >= 0.6 is 31.9 Å². The van der Waals surface area contributed by atoms with Crippen LogP contribution in [-0.2, 0) is 6.61 Å². The first-order valence-electron chi connectivity index (χ1n) is 4.12. The van der Waals surface area contributed by atoms with Gasteiger partial charge in [-0.3, -0.25) is 0 Å². The maximum atomic E-state index is 12.0.